The molecule has 1 N–H and O–H groups in total. The van der Waals surface area contributed by atoms with Gasteiger partial charge >= 0.3 is 0 Å². The Morgan fingerprint density at radius 2 is 1.71 bits per heavy atom. The molecule has 0 fully saturated rings. The zero-order valence-electron chi connectivity index (χ0n) is 16.9. The van der Waals surface area contributed by atoms with Crippen molar-refractivity contribution in [2.45, 2.75) is 18.0 Å². The normalized spacial score (nSPS) is 14.4. The molecular weight excluding hydrogens is 408 g/mol. The van der Waals surface area contributed by atoms with Crippen LogP contribution in [0.5, 0.6) is 11.6 Å². The van der Waals surface area contributed by atoms with Crippen LogP contribution in [0.4, 0.5) is 5.69 Å². The number of benzene rings is 3. The number of thioether (sulfide) groups is 1. The Labute approximate surface area is 184 Å². The molecule has 5 rings (SSSR count). The van der Waals surface area contributed by atoms with E-state index in [1.54, 1.807) is 0 Å². The lowest BCUT2D eigenvalue weighted by Crippen LogP contribution is -2.17. The Balaban J connectivity index is 1.41. The van der Waals surface area contributed by atoms with Crippen molar-refractivity contribution < 1.29 is 9.47 Å². The number of hydrogen-bond donors (Lipinski definition) is 1. The van der Waals surface area contributed by atoms with Crippen LogP contribution >= 0.6 is 11.8 Å². The molecule has 6 nitrogen and oxygen atoms in total. The highest BCUT2D eigenvalue weighted by atomic mass is 32.2. The Morgan fingerprint density at radius 1 is 0.935 bits per heavy atom. The summed E-state index contributed by atoms with van der Waals surface area (Å²) in [7, 11) is 0. The zero-order valence-corrected chi connectivity index (χ0v) is 17.7. The molecule has 0 aliphatic carbocycles. The molecule has 0 unspecified atom stereocenters. The number of anilines is 1. The zero-order chi connectivity index (χ0) is 21.0. The maximum Gasteiger partial charge on any atom is 0.247 e. The van der Waals surface area contributed by atoms with E-state index in [4.69, 9.17) is 9.47 Å². The molecule has 4 aromatic rings. The molecule has 154 valence electrons. The van der Waals surface area contributed by atoms with Gasteiger partial charge in [0.05, 0.1) is 0 Å². The van der Waals surface area contributed by atoms with Crippen LogP contribution in [-0.2, 0) is 6.61 Å². The van der Waals surface area contributed by atoms with Crippen LogP contribution < -0.4 is 14.8 Å². The summed E-state index contributed by atoms with van der Waals surface area (Å²) in [5.74, 6) is 1.27. The molecule has 31 heavy (non-hydrogen) atoms. The van der Waals surface area contributed by atoms with Crippen molar-refractivity contribution in [1.29, 1.82) is 0 Å². The smallest absolute Gasteiger partial charge is 0.247 e. The first-order valence-corrected chi connectivity index (χ1v) is 11.1. The van der Waals surface area contributed by atoms with Crippen molar-refractivity contribution in [3.05, 3.63) is 90.0 Å². The minimum Gasteiger partial charge on any atom is -0.489 e. The quantitative estimate of drug-likeness (QED) is 0.430. The van der Waals surface area contributed by atoms with Gasteiger partial charge in [-0.05, 0) is 42.2 Å². The standard InChI is InChI=1S/C24H20N4O2S/c1-31-24-26-23-21(27-28-24)19-9-5-6-10-20(19)25-22(30-23)17-11-13-18(14-12-17)29-15-16-7-3-2-4-8-16/h2-14,22,25H,15H2,1H3/t22-/m1/s1. The molecule has 7 heteroatoms. The van der Waals surface area contributed by atoms with Crippen LogP contribution in [0.25, 0.3) is 11.3 Å². The van der Waals surface area contributed by atoms with Gasteiger partial charge in [0.2, 0.25) is 11.0 Å². The van der Waals surface area contributed by atoms with E-state index in [2.05, 4.69) is 20.5 Å². The Bertz CT molecular complexity index is 1190. The van der Waals surface area contributed by atoms with Crippen molar-refractivity contribution in [1.82, 2.24) is 15.2 Å². The molecule has 0 amide bonds. The number of fused-ring (bicyclic) bond motifs is 3. The first kappa shape index (κ1) is 19.4. The fourth-order valence-corrected chi connectivity index (χ4v) is 3.66. The summed E-state index contributed by atoms with van der Waals surface area (Å²) in [5, 5.41) is 12.6. The molecule has 0 saturated heterocycles. The molecule has 1 aliphatic heterocycles. The van der Waals surface area contributed by atoms with Crippen molar-refractivity contribution in [3.63, 3.8) is 0 Å². The first-order chi connectivity index (χ1) is 15.3. The molecule has 3 aromatic carbocycles. The SMILES string of the molecule is CSc1nnc2c(n1)O[C@H](c1ccc(OCc3ccccc3)cc1)Nc1ccccc1-2. The van der Waals surface area contributed by atoms with E-state index in [0.29, 0.717) is 23.3 Å². The van der Waals surface area contributed by atoms with Crippen LogP contribution in [0.3, 0.4) is 0 Å². The molecule has 0 spiro atoms. The summed E-state index contributed by atoms with van der Waals surface area (Å²) in [4.78, 5) is 4.55. The van der Waals surface area contributed by atoms with Gasteiger partial charge in [0, 0.05) is 16.8 Å². The third-order valence-corrected chi connectivity index (χ3v) is 5.49. The molecule has 0 bridgehead atoms. The van der Waals surface area contributed by atoms with Crippen LogP contribution in [-0.4, -0.2) is 21.4 Å². The number of para-hydroxylation sites is 1. The van der Waals surface area contributed by atoms with E-state index < -0.39 is 6.23 Å². The lowest BCUT2D eigenvalue weighted by Gasteiger charge is -2.19. The molecule has 2 heterocycles. The lowest BCUT2D eigenvalue weighted by atomic mass is 10.1. The van der Waals surface area contributed by atoms with Crippen molar-refractivity contribution in [3.8, 4) is 22.9 Å². The third-order valence-electron chi connectivity index (χ3n) is 4.95. The maximum absolute atomic E-state index is 6.26. The predicted octanol–water partition coefficient (Wildman–Crippen LogP) is 5.34. The lowest BCUT2D eigenvalue weighted by molar-refractivity contribution is 0.225. The van der Waals surface area contributed by atoms with Gasteiger partial charge in [-0.1, -0.05) is 60.3 Å². The van der Waals surface area contributed by atoms with E-state index in [0.717, 1.165) is 28.1 Å². The summed E-state index contributed by atoms with van der Waals surface area (Å²) in [6, 6.07) is 25.9. The summed E-state index contributed by atoms with van der Waals surface area (Å²) < 4.78 is 12.2. The van der Waals surface area contributed by atoms with Crippen LogP contribution in [0, 0.1) is 0 Å². The van der Waals surface area contributed by atoms with Crippen molar-refractivity contribution in [2.24, 2.45) is 0 Å². The van der Waals surface area contributed by atoms with Gasteiger partial charge in [0.15, 0.2) is 11.9 Å². The minimum atomic E-state index is -0.419. The summed E-state index contributed by atoms with van der Waals surface area (Å²) in [5.41, 5.74) is 4.55. The van der Waals surface area contributed by atoms with Gasteiger partial charge in [-0.2, -0.15) is 4.98 Å². The average Bonchev–Trinajstić information content (AvgIpc) is 3.00. The topological polar surface area (TPSA) is 69.2 Å². The Morgan fingerprint density at radius 3 is 2.52 bits per heavy atom. The summed E-state index contributed by atoms with van der Waals surface area (Å²) >= 11 is 1.43. The second-order valence-electron chi connectivity index (χ2n) is 6.98. The van der Waals surface area contributed by atoms with E-state index in [1.807, 2.05) is 85.1 Å². The summed E-state index contributed by atoms with van der Waals surface area (Å²) in [6.07, 6.45) is 1.50. The number of nitrogens with one attached hydrogen (secondary N) is 1. The van der Waals surface area contributed by atoms with Gasteiger partial charge < -0.3 is 14.8 Å². The Kier molecular flexibility index (Phi) is 5.41. The van der Waals surface area contributed by atoms with Gasteiger partial charge in [-0.3, -0.25) is 0 Å². The number of ether oxygens (including phenoxy) is 2. The predicted molar refractivity (Wildman–Crippen MR) is 121 cm³/mol. The van der Waals surface area contributed by atoms with Crippen LogP contribution in [0.2, 0.25) is 0 Å². The van der Waals surface area contributed by atoms with E-state index in [-0.39, 0.29) is 0 Å². The average molecular weight is 429 g/mol. The highest BCUT2D eigenvalue weighted by Crippen LogP contribution is 2.39. The number of rotatable bonds is 5. The van der Waals surface area contributed by atoms with Gasteiger partial charge in [-0.15, -0.1) is 10.2 Å². The number of hydrogen-bond acceptors (Lipinski definition) is 7. The monoisotopic (exact) mass is 428 g/mol. The number of nitrogens with zero attached hydrogens (tertiary/aromatic N) is 3. The summed E-state index contributed by atoms with van der Waals surface area (Å²) in [6.45, 7) is 0.527. The Hall–Kier alpha value is -3.58. The molecule has 0 radical (unpaired) electrons. The van der Waals surface area contributed by atoms with Crippen molar-refractivity contribution >= 4 is 17.4 Å². The molecule has 1 atom stereocenters. The largest absolute Gasteiger partial charge is 0.489 e. The minimum absolute atomic E-state index is 0.419. The second kappa shape index (κ2) is 8.65. The third kappa shape index (κ3) is 4.18. The number of aromatic nitrogens is 3. The van der Waals surface area contributed by atoms with Crippen LogP contribution in [0.1, 0.15) is 17.4 Å². The van der Waals surface area contributed by atoms with E-state index in [9.17, 15) is 0 Å². The van der Waals surface area contributed by atoms with Gasteiger partial charge in [0.25, 0.3) is 0 Å². The fraction of sp³-hybridized carbons (Fsp3) is 0.125. The molecular formula is C24H20N4O2S. The van der Waals surface area contributed by atoms with Crippen LogP contribution in [0.15, 0.2) is 84.0 Å². The van der Waals surface area contributed by atoms with Gasteiger partial charge in [-0.25, -0.2) is 0 Å². The second-order valence-corrected chi connectivity index (χ2v) is 7.76. The highest BCUT2D eigenvalue weighted by molar-refractivity contribution is 7.98. The van der Waals surface area contributed by atoms with E-state index >= 15 is 0 Å². The molecule has 0 saturated carbocycles. The van der Waals surface area contributed by atoms with E-state index in [1.165, 1.54) is 11.8 Å². The molecule has 1 aliphatic rings. The fourth-order valence-electron chi connectivity index (χ4n) is 3.36. The maximum atomic E-state index is 6.26. The van der Waals surface area contributed by atoms with Crippen molar-refractivity contribution in [2.75, 3.05) is 11.6 Å². The first-order valence-electron chi connectivity index (χ1n) is 9.88. The van der Waals surface area contributed by atoms with Gasteiger partial charge in [0.1, 0.15) is 12.4 Å². The molecule has 1 aromatic heterocycles. The highest BCUT2D eigenvalue weighted by Gasteiger charge is 2.25.